The van der Waals surface area contributed by atoms with E-state index in [9.17, 15) is 5.11 Å². The number of ether oxygens (including phenoxy) is 1. The number of nitrogens with one attached hydrogen (secondary N) is 1. The zero-order chi connectivity index (χ0) is 10.5. The van der Waals surface area contributed by atoms with Crippen LogP contribution < -0.4 is 5.32 Å². The van der Waals surface area contributed by atoms with E-state index < -0.39 is 0 Å². The molecule has 1 saturated carbocycles. The summed E-state index contributed by atoms with van der Waals surface area (Å²) in [6.45, 7) is 3.07. The van der Waals surface area contributed by atoms with Crippen molar-refractivity contribution in [1.29, 1.82) is 0 Å². The minimum atomic E-state index is 0.324. The highest BCUT2D eigenvalue weighted by atomic mass is 16.5. The van der Waals surface area contributed by atoms with E-state index in [4.69, 9.17) is 4.74 Å². The fourth-order valence-electron chi connectivity index (χ4n) is 2.50. The largest absolute Gasteiger partial charge is 0.396 e. The summed E-state index contributed by atoms with van der Waals surface area (Å²) >= 11 is 0. The molecule has 1 atom stereocenters. The Morgan fingerprint density at radius 2 is 1.93 bits per heavy atom. The molecule has 1 saturated heterocycles. The Hall–Kier alpha value is -0.120. The van der Waals surface area contributed by atoms with Crippen LogP contribution in [0.3, 0.4) is 0 Å². The third-order valence-electron chi connectivity index (χ3n) is 3.94. The van der Waals surface area contributed by atoms with Gasteiger partial charge in [0.1, 0.15) is 0 Å². The molecule has 0 aromatic heterocycles. The Morgan fingerprint density at radius 1 is 1.20 bits per heavy atom. The second-order valence-electron chi connectivity index (χ2n) is 4.93. The van der Waals surface area contributed by atoms with E-state index >= 15 is 0 Å². The van der Waals surface area contributed by atoms with Crippen LogP contribution in [0, 0.1) is 11.8 Å². The highest BCUT2D eigenvalue weighted by Crippen LogP contribution is 2.24. The molecule has 3 heteroatoms. The lowest BCUT2D eigenvalue weighted by molar-refractivity contribution is 0.0320. The molecule has 2 N–H and O–H groups in total. The monoisotopic (exact) mass is 213 g/mol. The van der Waals surface area contributed by atoms with E-state index in [1.807, 2.05) is 0 Å². The van der Waals surface area contributed by atoms with Crippen molar-refractivity contribution in [2.75, 3.05) is 26.4 Å². The lowest BCUT2D eigenvalue weighted by Gasteiger charge is -2.33. The van der Waals surface area contributed by atoms with Crippen molar-refractivity contribution in [3.05, 3.63) is 0 Å². The fourth-order valence-corrected chi connectivity index (χ4v) is 2.50. The van der Waals surface area contributed by atoms with Crippen LogP contribution in [0.25, 0.3) is 0 Å². The summed E-state index contributed by atoms with van der Waals surface area (Å²) in [7, 11) is 0. The molecule has 1 heterocycles. The van der Waals surface area contributed by atoms with Gasteiger partial charge in [0.05, 0.1) is 0 Å². The fraction of sp³-hybridized carbons (Fsp3) is 1.00. The lowest BCUT2D eigenvalue weighted by atomic mass is 9.85. The molecule has 2 rings (SSSR count). The Morgan fingerprint density at radius 3 is 2.47 bits per heavy atom. The minimum Gasteiger partial charge on any atom is -0.396 e. The van der Waals surface area contributed by atoms with Gasteiger partial charge in [-0.3, -0.25) is 0 Å². The topological polar surface area (TPSA) is 41.5 Å². The summed E-state index contributed by atoms with van der Waals surface area (Å²) in [6, 6.07) is 0.735. The van der Waals surface area contributed by atoms with E-state index in [-0.39, 0.29) is 0 Å². The van der Waals surface area contributed by atoms with Crippen LogP contribution in [0.5, 0.6) is 0 Å². The number of hydrogen-bond acceptors (Lipinski definition) is 3. The second-order valence-corrected chi connectivity index (χ2v) is 4.93. The van der Waals surface area contributed by atoms with Crippen LogP contribution in [0.15, 0.2) is 0 Å². The summed E-state index contributed by atoms with van der Waals surface area (Å²) in [5.41, 5.74) is 0. The van der Waals surface area contributed by atoms with Gasteiger partial charge >= 0.3 is 0 Å². The summed E-state index contributed by atoms with van der Waals surface area (Å²) in [4.78, 5) is 0. The molecule has 1 aliphatic heterocycles. The van der Waals surface area contributed by atoms with Crippen LogP contribution in [0.1, 0.15) is 32.1 Å². The molecule has 0 spiro atoms. The van der Waals surface area contributed by atoms with Gasteiger partial charge in [-0.25, -0.2) is 0 Å². The highest BCUT2D eigenvalue weighted by Gasteiger charge is 2.25. The van der Waals surface area contributed by atoms with Crippen LogP contribution in [0.2, 0.25) is 0 Å². The van der Waals surface area contributed by atoms with E-state index in [1.54, 1.807) is 0 Å². The van der Waals surface area contributed by atoms with Gasteiger partial charge < -0.3 is 15.2 Å². The third-order valence-corrected chi connectivity index (χ3v) is 3.94. The summed E-state index contributed by atoms with van der Waals surface area (Å²) in [5.74, 6) is 1.10. The Kier molecular flexibility index (Phi) is 4.42. The summed E-state index contributed by atoms with van der Waals surface area (Å²) < 4.78 is 5.35. The van der Waals surface area contributed by atoms with E-state index in [1.165, 1.54) is 19.3 Å². The van der Waals surface area contributed by atoms with E-state index in [0.717, 1.165) is 38.6 Å². The van der Waals surface area contributed by atoms with Gasteiger partial charge in [-0.05, 0) is 37.5 Å². The summed E-state index contributed by atoms with van der Waals surface area (Å²) in [5, 5.41) is 13.0. The molecule has 0 amide bonds. The van der Waals surface area contributed by atoms with Crippen LogP contribution in [-0.4, -0.2) is 37.5 Å². The first kappa shape index (κ1) is 11.4. The van der Waals surface area contributed by atoms with Crippen LogP contribution >= 0.6 is 0 Å². The molecular formula is C12H23NO2. The van der Waals surface area contributed by atoms with Crippen molar-refractivity contribution in [3.8, 4) is 0 Å². The molecule has 88 valence electrons. The molecule has 0 bridgehead atoms. The van der Waals surface area contributed by atoms with Gasteiger partial charge in [-0.15, -0.1) is 0 Å². The van der Waals surface area contributed by atoms with Gasteiger partial charge in [0, 0.05) is 32.4 Å². The third kappa shape index (κ3) is 3.16. The predicted octanol–water partition coefficient (Wildman–Crippen LogP) is 1.16. The van der Waals surface area contributed by atoms with Gasteiger partial charge in [0.2, 0.25) is 0 Å². The number of aliphatic hydroxyl groups is 1. The maximum Gasteiger partial charge on any atom is 0.0474 e. The lowest BCUT2D eigenvalue weighted by Crippen LogP contribution is -2.41. The van der Waals surface area contributed by atoms with Gasteiger partial charge in [-0.2, -0.15) is 0 Å². The molecule has 2 aliphatic rings. The van der Waals surface area contributed by atoms with Gasteiger partial charge in [0.15, 0.2) is 0 Å². The van der Waals surface area contributed by atoms with Crippen molar-refractivity contribution in [2.45, 2.75) is 38.1 Å². The number of aliphatic hydroxyl groups excluding tert-OH is 1. The minimum absolute atomic E-state index is 0.324. The molecule has 0 aromatic rings. The number of rotatable bonds is 5. The average molecular weight is 213 g/mol. The van der Waals surface area contributed by atoms with Crippen molar-refractivity contribution in [3.63, 3.8) is 0 Å². The second kappa shape index (κ2) is 5.83. The van der Waals surface area contributed by atoms with Crippen LogP contribution in [-0.2, 0) is 4.74 Å². The van der Waals surface area contributed by atoms with Gasteiger partial charge in [0.25, 0.3) is 0 Å². The smallest absolute Gasteiger partial charge is 0.0474 e. The maximum absolute atomic E-state index is 9.40. The quantitative estimate of drug-likeness (QED) is 0.720. The average Bonchev–Trinajstić information content (AvgIpc) is 2.23. The van der Waals surface area contributed by atoms with Gasteiger partial charge in [-0.1, -0.05) is 6.42 Å². The maximum atomic E-state index is 9.40. The molecule has 0 aromatic carbocycles. The van der Waals surface area contributed by atoms with Crippen molar-refractivity contribution >= 4 is 0 Å². The first-order valence-electron chi connectivity index (χ1n) is 6.32. The molecule has 2 fully saturated rings. The summed E-state index contributed by atoms with van der Waals surface area (Å²) in [6.07, 6.45) is 6.27. The van der Waals surface area contributed by atoms with E-state index in [0.29, 0.717) is 18.4 Å². The Labute approximate surface area is 92.2 Å². The Balaban J connectivity index is 1.69. The van der Waals surface area contributed by atoms with Crippen molar-refractivity contribution in [2.24, 2.45) is 11.8 Å². The number of hydrogen-bond donors (Lipinski definition) is 2. The highest BCUT2D eigenvalue weighted by molar-refractivity contribution is 4.80. The SMILES string of the molecule is OCC(CNC1CCC1)C1CCOCC1. The molecule has 15 heavy (non-hydrogen) atoms. The van der Waals surface area contributed by atoms with Crippen molar-refractivity contribution < 1.29 is 9.84 Å². The zero-order valence-electron chi connectivity index (χ0n) is 9.45. The molecule has 0 radical (unpaired) electrons. The van der Waals surface area contributed by atoms with Crippen molar-refractivity contribution in [1.82, 2.24) is 5.32 Å². The molecule has 1 aliphatic carbocycles. The normalized spacial score (nSPS) is 26.2. The van der Waals surface area contributed by atoms with Crippen LogP contribution in [0.4, 0.5) is 0 Å². The first-order valence-corrected chi connectivity index (χ1v) is 6.32. The standard InChI is InChI=1S/C12H23NO2/c14-9-11(8-13-12-2-1-3-12)10-4-6-15-7-5-10/h10-14H,1-9H2. The van der Waals surface area contributed by atoms with E-state index in [2.05, 4.69) is 5.32 Å². The predicted molar refractivity (Wildman–Crippen MR) is 59.8 cm³/mol. The Bertz CT molecular complexity index is 176. The molecule has 3 nitrogen and oxygen atoms in total. The zero-order valence-corrected chi connectivity index (χ0v) is 9.45. The first-order chi connectivity index (χ1) is 7.40. The molecule has 1 unspecified atom stereocenters. The molecular weight excluding hydrogens is 190 g/mol.